The van der Waals surface area contributed by atoms with Crippen molar-refractivity contribution in [2.45, 2.75) is 37.8 Å². The first-order valence-electron chi connectivity index (χ1n) is 8.27. The first kappa shape index (κ1) is 15.4. The van der Waals surface area contributed by atoms with Crippen LogP contribution in [0.25, 0.3) is 0 Å². The van der Waals surface area contributed by atoms with Crippen LogP contribution in [0, 0.1) is 11.6 Å². The number of imide groups is 1. The summed E-state index contributed by atoms with van der Waals surface area (Å²) < 4.78 is 27.0. The molecule has 3 heterocycles. The summed E-state index contributed by atoms with van der Waals surface area (Å²) in [6.45, 7) is 3.35. The fourth-order valence-corrected chi connectivity index (χ4v) is 4.20. The van der Waals surface area contributed by atoms with Gasteiger partial charge in [-0.3, -0.25) is 9.69 Å². The third kappa shape index (κ3) is 2.03. The number of anilines is 1. The number of amides is 3. The highest BCUT2D eigenvalue weighted by atomic mass is 19.1. The Bertz CT molecular complexity index is 726. The quantitative estimate of drug-likeness (QED) is 0.780. The number of nitrogens with zero attached hydrogens (tertiary/aromatic N) is 3. The van der Waals surface area contributed by atoms with Gasteiger partial charge in [0.2, 0.25) is 0 Å². The molecule has 0 spiro atoms. The van der Waals surface area contributed by atoms with Crippen LogP contribution in [-0.2, 0) is 4.79 Å². The molecule has 1 aromatic rings. The van der Waals surface area contributed by atoms with Crippen LogP contribution in [0.5, 0.6) is 0 Å². The van der Waals surface area contributed by atoms with Gasteiger partial charge < -0.3 is 9.80 Å². The van der Waals surface area contributed by atoms with Crippen molar-refractivity contribution in [2.24, 2.45) is 0 Å². The zero-order chi connectivity index (χ0) is 17.1. The van der Waals surface area contributed by atoms with Crippen molar-refractivity contribution in [3.8, 4) is 0 Å². The summed E-state index contributed by atoms with van der Waals surface area (Å²) in [5.41, 5.74) is -0.407. The maximum absolute atomic E-state index is 14.0. The van der Waals surface area contributed by atoms with Crippen molar-refractivity contribution in [1.82, 2.24) is 9.80 Å². The number of carbonyl (C=O) groups excluding carboxylic acids is 2. The molecular weight excluding hydrogens is 316 g/mol. The monoisotopic (exact) mass is 335 g/mol. The summed E-state index contributed by atoms with van der Waals surface area (Å²) in [5, 5.41) is 0. The van der Waals surface area contributed by atoms with Crippen molar-refractivity contribution < 1.29 is 18.4 Å². The first-order chi connectivity index (χ1) is 11.4. The van der Waals surface area contributed by atoms with E-state index in [2.05, 4.69) is 0 Å². The molecule has 0 radical (unpaired) electrons. The van der Waals surface area contributed by atoms with E-state index in [9.17, 15) is 18.4 Å². The van der Waals surface area contributed by atoms with Crippen LogP contribution in [0.15, 0.2) is 18.2 Å². The van der Waals surface area contributed by atoms with E-state index in [0.717, 1.165) is 12.5 Å². The second-order valence-electron chi connectivity index (χ2n) is 6.97. The molecule has 3 amide bonds. The molecule has 0 unspecified atom stereocenters. The Hall–Kier alpha value is -2.18. The molecule has 0 N–H and O–H groups in total. The summed E-state index contributed by atoms with van der Waals surface area (Å²) in [7, 11) is 0. The molecule has 1 aromatic carbocycles. The van der Waals surface area contributed by atoms with Crippen LogP contribution in [0.4, 0.5) is 19.3 Å². The number of hydrogen-bond acceptors (Lipinski definition) is 3. The van der Waals surface area contributed by atoms with E-state index in [1.165, 1.54) is 17.0 Å². The minimum atomic E-state index is -0.717. The van der Waals surface area contributed by atoms with Gasteiger partial charge in [0.05, 0.1) is 11.7 Å². The number of urea groups is 1. The molecule has 3 aliphatic rings. The number of hydrogen-bond donors (Lipinski definition) is 0. The number of carbonyl (C=O) groups is 2. The highest BCUT2D eigenvalue weighted by Crippen LogP contribution is 2.39. The molecule has 7 heteroatoms. The second-order valence-corrected chi connectivity index (χ2v) is 6.97. The molecule has 5 nitrogen and oxygen atoms in total. The lowest BCUT2D eigenvalue weighted by Crippen LogP contribution is -2.45. The molecule has 0 aromatic heterocycles. The third-order valence-corrected chi connectivity index (χ3v) is 5.54. The summed E-state index contributed by atoms with van der Waals surface area (Å²) in [6, 6.07) is 2.98. The van der Waals surface area contributed by atoms with Gasteiger partial charge in [-0.15, -0.1) is 0 Å². The number of halogens is 2. The fourth-order valence-electron chi connectivity index (χ4n) is 4.20. The van der Waals surface area contributed by atoms with E-state index in [4.69, 9.17) is 0 Å². The first-order valence-corrected chi connectivity index (χ1v) is 8.27. The summed E-state index contributed by atoms with van der Waals surface area (Å²) in [6.07, 6.45) is 2.13. The van der Waals surface area contributed by atoms with Gasteiger partial charge in [0, 0.05) is 25.7 Å². The second kappa shape index (κ2) is 5.16. The maximum atomic E-state index is 14.0. The predicted molar refractivity (Wildman–Crippen MR) is 83.6 cm³/mol. The van der Waals surface area contributed by atoms with Crippen LogP contribution in [0.2, 0.25) is 0 Å². The van der Waals surface area contributed by atoms with Gasteiger partial charge in [-0.25, -0.2) is 13.6 Å². The largest absolute Gasteiger partial charge is 0.367 e. The standard InChI is InChI=1S/C17H19F2N3O2/c1-17-6-2-7-21(17)16(24)22(15(17)23)12-5-8-20(10-12)14-4-3-11(18)9-13(14)19/h3-4,9,12H,2,5-8,10H2,1H3/t12-,17-/m0/s1. The van der Waals surface area contributed by atoms with Gasteiger partial charge in [0.25, 0.3) is 5.91 Å². The number of rotatable bonds is 2. The van der Waals surface area contributed by atoms with Gasteiger partial charge >= 0.3 is 6.03 Å². The number of benzene rings is 1. The number of fused-ring (bicyclic) bond motifs is 1. The van der Waals surface area contributed by atoms with Gasteiger partial charge in [-0.2, -0.15) is 0 Å². The molecule has 24 heavy (non-hydrogen) atoms. The normalized spacial score (nSPS) is 29.8. The van der Waals surface area contributed by atoms with Gasteiger partial charge in [-0.05, 0) is 38.3 Å². The van der Waals surface area contributed by atoms with E-state index < -0.39 is 17.2 Å². The van der Waals surface area contributed by atoms with Crippen LogP contribution in [0.1, 0.15) is 26.2 Å². The molecular formula is C17H19F2N3O2. The average Bonchev–Trinajstić information content (AvgIpc) is 3.18. The van der Waals surface area contributed by atoms with E-state index >= 15 is 0 Å². The topological polar surface area (TPSA) is 43.9 Å². The van der Waals surface area contributed by atoms with Gasteiger partial charge in [0.1, 0.15) is 17.2 Å². The van der Waals surface area contributed by atoms with Gasteiger partial charge in [0.15, 0.2) is 0 Å². The molecule has 2 atom stereocenters. The minimum absolute atomic E-state index is 0.142. The molecule has 3 fully saturated rings. The molecule has 4 rings (SSSR count). The SMILES string of the molecule is C[C@@]12CCCN1C(=O)N([C@H]1CCN(c3ccc(F)cc3F)C1)C2=O. The van der Waals surface area contributed by atoms with Crippen molar-refractivity contribution in [1.29, 1.82) is 0 Å². The lowest BCUT2D eigenvalue weighted by molar-refractivity contribution is -0.133. The zero-order valence-corrected chi connectivity index (χ0v) is 13.5. The van der Waals surface area contributed by atoms with E-state index in [1.807, 2.05) is 6.92 Å². The average molecular weight is 335 g/mol. The Kier molecular flexibility index (Phi) is 3.30. The van der Waals surface area contributed by atoms with Gasteiger partial charge in [-0.1, -0.05) is 0 Å². The van der Waals surface area contributed by atoms with E-state index in [0.29, 0.717) is 38.2 Å². The van der Waals surface area contributed by atoms with Crippen LogP contribution < -0.4 is 4.90 Å². The van der Waals surface area contributed by atoms with Crippen molar-refractivity contribution >= 4 is 17.6 Å². The summed E-state index contributed by atoms with van der Waals surface area (Å²) in [4.78, 5) is 30.2. The van der Waals surface area contributed by atoms with Crippen molar-refractivity contribution in [3.05, 3.63) is 29.8 Å². The Morgan fingerprint density at radius 3 is 2.71 bits per heavy atom. The molecule has 3 aliphatic heterocycles. The maximum Gasteiger partial charge on any atom is 0.327 e. The molecule has 3 saturated heterocycles. The summed E-state index contributed by atoms with van der Waals surface area (Å²) in [5.74, 6) is -1.39. The lowest BCUT2D eigenvalue weighted by atomic mass is 9.99. The zero-order valence-electron chi connectivity index (χ0n) is 13.5. The van der Waals surface area contributed by atoms with E-state index in [1.54, 1.807) is 9.80 Å². The molecule has 0 bridgehead atoms. The van der Waals surface area contributed by atoms with Crippen LogP contribution in [0.3, 0.4) is 0 Å². The van der Waals surface area contributed by atoms with E-state index in [-0.39, 0.29) is 18.0 Å². The van der Waals surface area contributed by atoms with Crippen molar-refractivity contribution in [3.63, 3.8) is 0 Å². The predicted octanol–water partition coefficient (Wildman–Crippen LogP) is 2.36. The Labute approximate surface area is 138 Å². The highest BCUT2D eigenvalue weighted by molar-refractivity contribution is 6.07. The van der Waals surface area contributed by atoms with Crippen molar-refractivity contribution in [2.75, 3.05) is 24.5 Å². The molecule has 0 aliphatic carbocycles. The van der Waals surface area contributed by atoms with Crippen LogP contribution in [-0.4, -0.2) is 53.0 Å². The highest BCUT2D eigenvalue weighted by Gasteiger charge is 2.58. The Morgan fingerprint density at radius 2 is 2.00 bits per heavy atom. The fraction of sp³-hybridized carbons (Fsp3) is 0.529. The lowest BCUT2D eigenvalue weighted by Gasteiger charge is -2.24. The summed E-state index contributed by atoms with van der Waals surface area (Å²) >= 11 is 0. The Morgan fingerprint density at radius 1 is 1.21 bits per heavy atom. The minimum Gasteiger partial charge on any atom is -0.367 e. The Balaban J connectivity index is 1.55. The molecule has 0 saturated carbocycles. The smallest absolute Gasteiger partial charge is 0.327 e. The molecule has 128 valence electrons. The third-order valence-electron chi connectivity index (χ3n) is 5.54. The van der Waals surface area contributed by atoms with Crippen LogP contribution >= 0.6 is 0 Å².